The number of nitrogens with zero attached hydrogens (tertiary/aromatic N) is 1. The molecule has 0 atom stereocenters. The smallest absolute Gasteiger partial charge is 0.246 e. The largest absolute Gasteiger partial charge is 0.504 e. The molecule has 0 unspecified atom stereocenters. The molecular formula is C29H37N3O7. The van der Waals surface area contributed by atoms with Gasteiger partial charge in [0.1, 0.15) is 0 Å². The summed E-state index contributed by atoms with van der Waals surface area (Å²) in [6.07, 6.45) is 8.11. The lowest BCUT2D eigenvalue weighted by Crippen LogP contribution is -2.34. The molecule has 2 rings (SSSR count). The van der Waals surface area contributed by atoms with Crippen molar-refractivity contribution in [3.8, 4) is 23.0 Å². The Morgan fingerprint density at radius 3 is 1.90 bits per heavy atom. The monoisotopic (exact) mass is 539 g/mol. The highest BCUT2D eigenvalue weighted by Gasteiger charge is 2.11. The Morgan fingerprint density at radius 1 is 0.795 bits per heavy atom. The van der Waals surface area contributed by atoms with Gasteiger partial charge in [-0.05, 0) is 66.8 Å². The van der Waals surface area contributed by atoms with Gasteiger partial charge in [0.2, 0.25) is 17.7 Å². The van der Waals surface area contributed by atoms with Gasteiger partial charge in [0.25, 0.3) is 0 Å². The van der Waals surface area contributed by atoms with Crippen LogP contribution in [0, 0.1) is 0 Å². The minimum Gasteiger partial charge on any atom is -0.504 e. The van der Waals surface area contributed by atoms with Gasteiger partial charge in [0.15, 0.2) is 23.0 Å². The van der Waals surface area contributed by atoms with Crippen molar-refractivity contribution in [1.82, 2.24) is 15.5 Å². The van der Waals surface area contributed by atoms with Crippen LogP contribution in [0.2, 0.25) is 0 Å². The first-order chi connectivity index (χ1) is 18.7. The second kappa shape index (κ2) is 16.4. The maximum atomic E-state index is 12.9. The van der Waals surface area contributed by atoms with Gasteiger partial charge in [-0.2, -0.15) is 0 Å². The molecule has 4 N–H and O–H groups in total. The molecule has 2 aromatic carbocycles. The van der Waals surface area contributed by atoms with Gasteiger partial charge in [-0.3, -0.25) is 14.4 Å². The van der Waals surface area contributed by atoms with E-state index in [0.717, 1.165) is 0 Å². The van der Waals surface area contributed by atoms with E-state index in [0.29, 0.717) is 68.1 Å². The Morgan fingerprint density at radius 2 is 1.33 bits per heavy atom. The van der Waals surface area contributed by atoms with Crippen molar-refractivity contribution >= 4 is 29.9 Å². The van der Waals surface area contributed by atoms with Crippen molar-refractivity contribution in [3.63, 3.8) is 0 Å². The van der Waals surface area contributed by atoms with E-state index >= 15 is 0 Å². The number of aromatic hydroxyl groups is 2. The summed E-state index contributed by atoms with van der Waals surface area (Å²) in [5, 5.41) is 25.0. The van der Waals surface area contributed by atoms with Gasteiger partial charge in [-0.25, -0.2) is 0 Å². The van der Waals surface area contributed by atoms with Crippen molar-refractivity contribution in [2.75, 3.05) is 40.4 Å². The van der Waals surface area contributed by atoms with Crippen LogP contribution in [0.5, 0.6) is 23.0 Å². The predicted octanol–water partition coefficient (Wildman–Crippen LogP) is 3.09. The van der Waals surface area contributed by atoms with E-state index < -0.39 is 0 Å². The summed E-state index contributed by atoms with van der Waals surface area (Å²) in [6.45, 7) is 3.31. The molecule has 10 heteroatoms. The van der Waals surface area contributed by atoms with E-state index in [9.17, 15) is 24.6 Å². The van der Waals surface area contributed by atoms with Gasteiger partial charge in [0.05, 0.1) is 14.2 Å². The molecule has 210 valence electrons. The van der Waals surface area contributed by atoms with Crippen LogP contribution in [0.1, 0.15) is 37.3 Å². The molecule has 39 heavy (non-hydrogen) atoms. The fourth-order valence-electron chi connectivity index (χ4n) is 3.61. The molecule has 0 aliphatic heterocycles. The van der Waals surface area contributed by atoms with Crippen molar-refractivity contribution in [2.24, 2.45) is 0 Å². The van der Waals surface area contributed by atoms with Crippen molar-refractivity contribution in [2.45, 2.75) is 26.2 Å². The van der Waals surface area contributed by atoms with Crippen LogP contribution in [0.4, 0.5) is 0 Å². The number of benzene rings is 2. The van der Waals surface area contributed by atoms with E-state index in [4.69, 9.17) is 9.47 Å². The third-order valence-corrected chi connectivity index (χ3v) is 5.70. The molecule has 0 heterocycles. The van der Waals surface area contributed by atoms with Crippen LogP contribution in [-0.2, 0) is 14.4 Å². The fraction of sp³-hybridized carbons (Fsp3) is 0.345. The first-order valence-corrected chi connectivity index (χ1v) is 12.6. The van der Waals surface area contributed by atoms with E-state index in [1.165, 1.54) is 45.4 Å². The van der Waals surface area contributed by atoms with Crippen LogP contribution in [0.15, 0.2) is 48.6 Å². The summed E-state index contributed by atoms with van der Waals surface area (Å²) in [6, 6.07) is 9.61. The van der Waals surface area contributed by atoms with E-state index in [1.54, 1.807) is 41.3 Å². The number of hydrogen-bond donors (Lipinski definition) is 4. The molecule has 0 bridgehead atoms. The summed E-state index contributed by atoms with van der Waals surface area (Å²) >= 11 is 0. The average molecular weight is 540 g/mol. The summed E-state index contributed by atoms with van der Waals surface area (Å²) in [7, 11) is 2.91. The number of ether oxygens (including phenoxy) is 2. The molecule has 0 fully saturated rings. The SMILES string of the molecule is COc1cc(/C=C\C(=O)N(CCCCNC(=O)/C=C/c2ccc(O)c(OC)c2)CCCNC(C)=O)ccc1O. The van der Waals surface area contributed by atoms with Gasteiger partial charge in [0, 0.05) is 45.3 Å². The molecular weight excluding hydrogens is 502 g/mol. The van der Waals surface area contributed by atoms with Crippen LogP contribution >= 0.6 is 0 Å². The number of carbonyl (C=O) groups is 3. The van der Waals surface area contributed by atoms with Gasteiger partial charge < -0.3 is 35.2 Å². The molecule has 0 spiro atoms. The molecule has 10 nitrogen and oxygen atoms in total. The van der Waals surface area contributed by atoms with Gasteiger partial charge in [-0.15, -0.1) is 0 Å². The Bertz CT molecular complexity index is 1180. The molecule has 0 saturated heterocycles. The van der Waals surface area contributed by atoms with Crippen molar-refractivity contribution < 1.29 is 34.1 Å². The lowest BCUT2D eigenvalue weighted by Gasteiger charge is -2.21. The second-order valence-corrected chi connectivity index (χ2v) is 8.69. The minimum atomic E-state index is -0.252. The number of unbranched alkanes of at least 4 members (excludes halogenated alkanes) is 1. The first kappa shape index (κ1) is 30.8. The average Bonchev–Trinajstić information content (AvgIpc) is 2.92. The highest BCUT2D eigenvalue weighted by Crippen LogP contribution is 2.27. The zero-order valence-corrected chi connectivity index (χ0v) is 22.6. The lowest BCUT2D eigenvalue weighted by molar-refractivity contribution is -0.126. The van der Waals surface area contributed by atoms with Crippen molar-refractivity contribution in [1.29, 1.82) is 0 Å². The Kier molecular flexibility index (Phi) is 12.9. The number of phenols is 2. The second-order valence-electron chi connectivity index (χ2n) is 8.69. The van der Waals surface area contributed by atoms with E-state index in [2.05, 4.69) is 10.6 Å². The maximum absolute atomic E-state index is 12.9. The van der Waals surface area contributed by atoms with Crippen LogP contribution in [0.3, 0.4) is 0 Å². The molecule has 0 radical (unpaired) electrons. The van der Waals surface area contributed by atoms with E-state index in [-0.39, 0.29) is 29.2 Å². The predicted molar refractivity (Wildman–Crippen MR) is 150 cm³/mol. The number of nitrogens with one attached hydrogen (secondary N) is 2. The topological polar surface area (TPSA) is 137 Å². The van der Waals surface area contributed by atoms with Crippen molar-refractivity contribution in [3.05, 3.63) is 59.7 Å². The zero-order valence-electron chi connectivity index (χ0n) is 22.6. The molecule has 2 aromatic rings. The van der Waals surface area contributed by atoms with Crippen LogP contribution < -0.4 is 20.1 Å². The number of rotatable bonds is 15. The molecule has 3 amide bonds. The number of phenolic OH excluding ortho intramolecular Hbond substituents is 2. The minimum absolute atomic E-state index is 0.0174. The van der Waals surface area contributed by atoms with Gasteiger partial charge in [-0.1, -0.05) is 12.1 Å². The fourth-order valence-corrected chi connectivity index (χ4v) is 3.61. The summed E-state index contributed by atoms with van der Waals surface area (Å²) in [5.41, 5.74) is 1.42. The summed E-state index contributed by atoms with van der Waals surface area (Å²) < 4.78 is 10.2. The number of methoxy groups -OCH3 is 2. The standard InChI is InChI=1S/C29H37N3O7/c1-21(33)30-16-6-18-32(29(37)14-10-23-8-12-25(35)27(20-23)39-3)17-5-4-15-31-28(36)13-9-22-7-11-24(34)26(19-22)38-2/h7-14,19-20,34-35H,4-6,15-18H2,1-3H3,(H,30,33)(H,31,36)/b13-9+,14-10-. The molecule has 0 aliphatic carbocycles. The first-order valence-electron chi connectivity index (χ1n) is 12.6. The molecule has 0 saturated carbocycles. The summed E-state index contributed by atoms with van der Waals surface area (Å²) in [4.78, 5) is 37.9. The van der Waals surface area contributed by atoms with Crippen LogP contribution in [-0.4, -0.2) is 73.2 Å². The lowest BCUT2D eigenvalue weighted by atomic mass is 10.2. The normalized spacial score (nSPS) is 10.9. The third-order valence-electron chi connectivity index (χ3n) is 5.70. The maximum Gasteiger partial charge on any atom is 0.246 e. The molecule has 0 aromatic heterocycles. The van der Waals surface area contributed by atoms with Gasteiger partial charge >= 0.3 is 0 Å². The summed E-state index contributed by atoms with van der Waals surface area (Å²) in [5.74, 6) is 0.131. The number of carbonyl (C=O) groups excluding carboxylic acids is 3. The highest BCUT2D eigenvalue weighted by atomic mass is 16.5. The quantitative estimate of drug-likeness (QED) is 0.202. The zero-order chi connectivity index (χ0) is 28.6. The third kappa shape index (κ3) is 11.2. The Balaban J connectivity index is 1.86. The Labute approximate surface area is 228 Å². The number of amides is 3. The van der Waals surface area contributed by atoms with E-state index in [1.807, 2.05) is 0 Å². The molecule has 0 aliphatic rings. The highest BCUT2D eigenvalue weighted by molar-refractivity contribution is 5.92. The number of hydrogen-bond acceptors (Lipinski definition) is 7. The Hall–Kier alpha value is -4.47. The van der Waals surface area contributed by atoms with Crippen LogP contribution in [0.25, 0.3) is 12.2 Å².